The Labute approximate surface area is 146 Å². The minimum atomic E-state index is -0.766. The molecule has 126 valence electrons. The van der Waals surface area contributed by atoms with E-state index >= 15 is 0 Å². The number of rotatable bonds is 6. The second-order valence-corrected chi connectivity index (χ2v) is 5.85. The van der Waals surface area contributed by atoms with Crippen molar-refractivity contribution in [2.75, 3.05) is 11.1 Å². The molecule has 2 aromatic carbocycles. The van der Waals surface area contributed by atoms with Gasteiger partial charge in [0.25, 0.3) is 5.69 Å². The number of nitro groups is 1. The number of anilines is 1. The van der Waals surface area contributed by atoms with Crippen molar-refractivity contribution in [3.05, 3.63) is 63.7 Å². The Morgan fingerprint density at radius 2 is 1.92 bits per heavy atom. The van der Waals surface area contributed by atoms with E-state index in [0.29, 0.717) is 11.3 Å². The number of hydrogen-bond acceptors (Lipinski definition) is 6. The van der Waals surface area contributed by atoms with Gasteiger partial charge in [-0.15, -0.1) is 11.8 Å². The molecule has 3 N–H and O–H groups in total. The number of nitrogens with zero attached hydrogens (tertiary/aromatic N) is 2. The second-order valence-electron chi connectivity index (χ2n) is 4.83. The van der Waals surface area contributed by atoms with Crippen LogP contribution in [0.4, 0.5) is 11.4 Å². The smallest absolute Gasteiger partial charge is 0.283 e. The van der Waals surface area contributed by atoms with Crippen molar-refractivity contribution in [2.24, 2.45) is 5.73 Å². The van der Waals surface area contributed by atoms with E-state index in [-0.39, 0.29) is 27.8 Å². The van der Waals surface area contributed by atoms with Gasteiger partial charge in [-0.05, 0) is 36.4 Å². The normalized spacial score (nSPS) is 9.88. The topological polar surface area (TPSA) is 139 Å². The van der Waals surface area contributed by atoms with E-state index < -0.39 is 10.8 Å². The van der Waals surface area contributed by atoms with Crippen molar-refractivity contribution in [2.45, 2.75) is 4.90 Å². The van der Waals surface area contributed by atoms with Crippen LogP contribution in [0.2, 0.25) is 0 Å². The molecule has 25 heavy (non-hydrogen) atoms. The largest absolute Gasteiger partial charge is 0.366 e. The predicted octanol–water partition coefficient (Wildman–Crippen LogP) is 2.30. The van der Waals surface area contributed by atoms with E-state index in [9.17, 15) is 19.7 Å². The molecule has 0 aliphatic heterocycles. The summed E-state index contributed by atoms with van der Waals surface area (Å²) in [6.07, 6.45) is 0. The van der Waals surface area contributed by atoms with Crippen LogP contribution >= 0.6 is 11.8 Å². The molecule has 0 aliphatic carbocycles. The number of thioether (sulfide) groups is 1. The van der Waals surface area contributed by atoms with Gasteiger partial charge in [-0.25, -0.2) is 0 Å². The third kappa shape index (κ3) is 4.79. The molecule has 0 saturated carbocycles. The highest BCUT2D eigenvalue weighted by Gasteiger charge is 2.18. The van der Waals surface area contributed by atoms with Crippen LogP contribution in [0.5, 0.6) is 0 Å². The summed E-state index contributed by atoms with van der Waals surface area (Å²) in [5.74, 6) is -1.18. The second kappa shape index (κ2) is 7.94. The summed E-state index contributed by atoms with van der Waals surface area (Å²) >= 11 is 0.973. The Morgan fingerprint density at radius 3 is 2.48 bits per heavy atom. The van der Waals surface area contributed by atoms with Crippen molar-refractivity contribution >= 4 is 35.0 Å². The molecule has 0 aliphatic rings. The molecule has 0 saturated heterocycles. The van der Waals surface area contributed by atoms with E-state index in [2.05, 4.69) is 5.32 Å². The Kier molecular flexibility index (Phi) is 5.71. The van der Waals surface area contributed by atoms with Crippen LogP contribution < -0.4 is 11.1 Å². The third-order valence-electron chi connectivity index (χ3n) is 3.10. The first-order chi connectivity index (χ1) is 11.9. The van der Waals surface area contributed by atoms with Gasteiger partial charge >= 0.3 is 0 Å². The van der Waals surface area contributed by atoms with Crippen LogP contribution in [0.25, 0.3) is 0 Å². The number of nitrogens with one attached hydrogen (secondary N) is 1. The van der Waals surface area contributed by atoms with Gasteiger partial charge in [-0.2, -0.15) is 5.26 Å². The third-order valence-corrected chi connectivity index (χ3v) is 4.16. The van der Waals surface area contributed by atoms with Crippen LogP contribution in [0, 0.1) is 21.4 Å². The average Bonchev–Trinajstić information content (AvgIpc) is 2.60. The summed E-state index contributed by atoms with van der Waals surface area (Å²) in [4.78, 5) is 33.8. The molecule has 0 spiro atoms. The number of amides is 2. The van der Waals surface area contributed by atoms with Crippen LogP contribution in [0.15, 0.2) is 47.4 Å². The van der Waals surface area contributed by atoms with E-state index in [1.807, 2.05) is 6.07 Å². The monoisotopic (exact) mass is 356 g/mol. The minimum Gasteiger partial charge on any atom is -0.366 e. The highest BCUT2D eigenvalue weighted by Crippen LogP contribution is 2.30. The average molecular weight is 356 g/mol. The standard InChI is InChI=1S/C16H12N4O4S/c17-8-10-1-4-12(5-2-10)19-15(21)9-25-14-6-3-11(16(18)22)7-13(14)20(23)24/h1-7H,9H2,(H2,18,22)(H,19,21). The van der Waals surface area contributed by atoms with Crippen molar-refractivity contribution in [3.8, 4) is 6.07 Å². The molecular formula is C16H12N4O4S. The van der Waals surface area contributed by atoms with Crippen LogP contribution in [0.3, 0.4) is 0 Å². The zero-order valence-corrected chi connectivity index (χ0v) is 13.6. The van der Waals surface area contributed by atoms with Gasteiger partial charge in [0, 0.05) is 17.3 Å². The number of primary amides is 1. The van der Waals surface area contributed by atoms with E-state index in [0.717, 1.165) is 17.8 Å². The Hall–Kier alpha value is -3.38. The maximum Gasteiger partial charge on any atom is 0.283 e. The maximum atomic E-state index is 12.0. The summed E-state index contributed by atoms with van der Waals surface area (Å²) < 4.78 is 0. The Morgan fingerprint density at radius 1 is 1.24 bits per heavy atom. The summed E-state index contributed by atoms with van der Waals surface area (Å²) in [5, 5.41) is 22.5. The summed E-state index contributed by atoms with van der Waals surface area (Å²) in [6, 6.07) is 12.1. The number of benzene rings is 2. The van der Waals surface area contributed by atoms with Crippen molar-refractivity contribution in [1.82, 2.24) is 0 Å². The Bertz CT molecular complexity index is 875. The lowest BCUT2D eigenvalue weighted by atomic mass is 10.2. The SMILES string of the molecule is N#Cc1ccc(NC(=O)CSc2ccc(C(N)=O)cc2[N+](=O)[O-])cc1. The van der Waals surface area contributed by atoms with Crippen LogP contribution in [-0.2, 0) is 4.79 Å². The van der Waals surface area contributed by atoms with Gasteiger partial charge in [0.2, 0.25) is 11.8 Å². The molecule has 0 atom stereocenters. The van der Waals surface area contributed by atoms with Gasteiger partial charge < -0.3 is 11.1 Å². The summed E-state index contributed by atoms with van der Waals surface area (Å²) in [6.45, 7) is 0. The maximum absolute atomic E-state index is 12.0. The lowest BCUT2D eigenvalue weighted by Crippen LogP contribution is -2.14. The molecule has 0 bridgehead atoms. The van der Waals surface area contributed by atoms with Crippen LogP contribution in [-0.4, -0.2) is 22.5 Å². The Balaban J connectivity index is 2.04. The number of nitrogens with two attached hydrogens (primary N) is 1. The summed E-state index contributed by atoms with van der Waals surface area (Å²) in [7, 11) is 0. The van der Waals surface area contributed by atoms with Crippen LogP contribution in [0.1, 0.15) is 15.9 Å². The molecule has 0 aromatic heterocycles. The fourth-order valence-corrected chi connectivity index (χ4v) is 2.71. The zero-order chi connectivity index (χ0) is 18.4. The molecule has 0 unspecified atom stereocenters. The number of carbonyl (C=O) groups is 2. The van der Waals surface area contributed by atoms with E-state index in [4.69, 9.17) is 11.0 Å². The quantitative estimate of drug-likeness (QED) is 0.462. The number of carbonyl (C=O) groups excluding carboxylic acids is 2. The first kappa shape index (κ1) is 18.0. The molecule has 9 heteroatoms. The lowest BCUT2D eigenvalue weighted by molar-refractivity contribution is -0.387. The molecule has 8 nitrogen and oxygen atoms in total. The fraction of sp³-hybridized carbons (Fsp3) is 0.0625. The minimum absolute atomic E-state index is 0.0260. The molecule has 0 fully saturated rings. The predicted molar refractivity (Wildman–Crippen MR) is 92.1 cm³/mol. The van der Waals surface area contributed by atoms with Gasteiger partial charge in [0.05, 0.1) is 27.2 Å². The zero-order valence-electron chi connectivity index (χ0n) is 12.8. The highest BCUT2D eigenvalue weighted by molar-refractivity contribution is 8.00. The molecule has 2 rings (SSSR count). The lowest BCUT2D eigenvalue weighted by Gasteiger charge is -2.06. The molecule has 2 amide bonds. The molecule has 2 aromatic rings. The first-order valence-electron chi connectivity index (χ1n) is 6.92. The van der Waals surface area contributed by atoms with Gasteiger partial charge in [-0.1, -0.05) is 0 Å². The van der Waals surface area contributed by atoms with Crippen molar-refractivity contribution < 1.29 is 14.5 Å². The van der Waals surface area contributed by atoms with Crippen molar-refractivity contribution in [1.29, 1.82) is 5.26 Å². The molecular weight excluding hydrogens is 344 g/mol. The molecule has 0 radical (unpaired) electrons. The fourth-order valence-electron chi connectivity index (χ4n) is 1.90. The molecule has 0 heterocycles. The van der Waals surface area contributed by atoms with Gasteiger partial charge in [-0.3, -0.25) is 19.7 Å². The number of nitriles is 1. The van der Waals surface area contributed by atoms with Gasteiger partial charge in [0.1, 0.15) is 0 Å². The highest BCUT2D eigenvalue weighted by atomic mass is 32.2. The first-order valence-corrected chi connectivity index (χ1v) is 7.90. The van der Waals surface area contributed by atoms with E-state index in [1.165, 1.54) is 12.1 Å². The number of nitro benzene ring substituents is 1. The van der Waals surface area contributed by atoms with E-state index in [1.54, 1.807) is 24.3 Å². The van der Waals surface area contributed by atoms with Gasteiger partial charge in [0.15, 0.2) is 0 Å². The summed E-state index contributed by atoms with van der Waals surface area (Å²) in [5.41, 5.74) is 5.84. The van der Waals surface area contributed by atoms with Crippen molar-refractivity contribution in [3.63, 3.8) is 0 Å². The number of hydrogen-bond donors (Lipinski definition) is 2.